The highest BCUT2D eigenvalue weighted by Gasteiger charge is 2.54. The van der Waals surface area contributed by atoms with Gasteiger partial charge < -0.3 is 9.16 Å². The predicted octanol–water partition coefficient (Wildman–Crippen LogP) is 4.22. The molecule has 5 heteroatoms. The van der Waals surface area contributed by atoms with Gasteiger partial charge in [-0.05, 0) is 25.2 Å². The maximum absolute atomic E-state index is 13.2. The summed E-state index contributed by atoms with van der Waals surface area (Å²) in [6.07, 6.45) is -1.98. The third-order valence-electron chi connectivity index (χ3n) is 3.38. The molecule has 1 aliphatic carbocycles. The molecular formula is C15H22F2O2Si. The molecule has 0 unspecified atom stereocenters. The number of hydrogen-bond acceptors (Lipinski definition) is 2. The highest BCUT2D eigenvalue weighted by Crippen LogP contribution is 2.44. The van der Waals surface area contributed by atoms with Gasteiger partial charge in [0.2, 0.25) is 0 Å². The molecule has 1 aromatic carbocycles. The summed E-state index contributed by atoms with van der Waals surface area (Å²) in [5.74, 6) is 0. The Kier molecular flexibility index (Phi) is 4.61. The highest BCUT2D eigenvalue weighted by molar-refractivity contribution is 6.69. The van der Waals surface area contributed by atoms with Gasteiger partial charge in [0.1, 0.15) is 5.60 Å². The van der Waals surface area contributed by atoms with Crippen molar-refractivity contribution >= 4 is 8.32 Å². The van der Waals surface area contributed by atoms with E-state index in [9.17, 15) is 8.78 Å². The summed E-state index contributed by atoms with van der Waals surface area (Å²) in [4.78, 5) is 0. The Bertz CT molecular complexity index is 425. The van der Waals surface area contributed by atoms with Gasteiger partial charge in [-0.15, -0.1) is 0 Å². The first-order chi connectivity index (χ1) is 9.31. The third-order valence-corrected chi connectivity index (χ3v) is 4.40. The van der Waals surface area contributed by atoms with Crippen LogP contribution in [-0.2, 0) is 15.8 Å². The third kappa shape index (κ3) is 3.87. The number of benzene rings is 1. The van der Waals surface area contributed by atoms with Crippen molar-refractivity contribution < 1.29 is 17.9 Å². The zero-order valence-corrected chi connectivity index (χ0v) is 13.2. The first-order valence-corrected chi connectivity index (χ1v) is 10.4. The molecule has 0 N–H and O–H groups in total. The van der Waals surface area contributed by atoms with Crippen LogP contribution >= 0.6 is 0 Å². The molecule has 0 aromatic heterocycles. The predicted molar refractivity (Wildman–Crippen MR) is 77.4 cm³/mol. The molecule has 1 fully saturated rings. The summed E-state index contributed by atoms with van der Waals surface area (Å²) in [6.45, 7) is 6.29. The molecule has 0 radical (unpaired) electrons. The van der Waals surface area contributed by atoms with Crippen LogP contribution in [0.15, 0.2) is 30.3 Å². The van der Waals surface area contributed by atoms with Crippen molar-refractivity contribution in [1.82, 2.24) is 0 Å². The first kappa shape index (κ1) is 15.6. The summed E-state index contributed by atoms with van der Waals surface area (Å²) >= 11 is 0. The van der Waals surface area contributed by atoms with E-state index in [-0.39, 0.29) is 6.10 Å². The minimum absolute atomic E-state index is 0.124. The van der Waals surface area contributed by atoms with Crippen molar-refractivity contribution in [2.45, 2.75) is 57.2 Å². The van der Waals surface area contributed by atoms with E-state index in [1.807, 2.05) is 50.0 Å². The topological polar surface area (TPSA) is 18.5 Å². The van der Waals surface area contributed by atoms with Crippen molar-refractivity contribution in [2.75, 3.05) is 0 Å². The molecule has 0 atom stereocenters. The van der Waals surface area contributed by atoms with Crippen LogP contribution in [-0.4, -0.2) is 26.4 Å². The minimum atomic E-state index is -2.44. The summed E-state index contributed by atoms with van der Waals surface area (Å²) in [5, 5.41) is 0. The SMILES string of the molecule is C[Si](C)(C)OC1(C(F)F)CC(OCc2ccccc2)C1. The fourth-order valence-corrected chi connectivity index (χ4v) is 4.01. The second-order valence-corrected chi connectivity index (χ2v) is 10.8. The fourth-order valence-electron chi connectivity index (χ4n) is 2.53. The summed E-state index contributed by atoms with van der Waals surface area (Å²) in [7, 11) is -1.98. The lowest BCUT2D eigenvalue weighted by molar-refractivity contribution is -0.194. The van der Waals surface area contributed by atoms with Gasteiger partial charge in [0.15, 0.2) is 8.32 Å². The van der Waals surface area contributed by atoms with E-state index in [0.717, 1.165) is 5.56 Å². The van der Waals surface area contributed by atoms with Gasteiger partial charge in [-0.2, -0.15) is 0 Å². The van der Waals surface area contributed by atoms with Crippen LogP contribution in [0.4, 0.5) is 8.78 Å². The lowest BCUT2D eigenvalue weighted by Crippen LogP contribution is -2.59. The molecule has 0 amide bonds. The number of hydrogen-bond donors (Lipinski definition) is 0. The van der Waals surface area contributed by atoms with Crippen LogP contribution in [0.1, 0.15) is 18.4 Å². The van der Waals surface area contributed by atoms with E-state index in [2.05, 4.69) is 0 Å². The molecule has 0 bridgehead atoms. The van der Waals surface area contributed by atoms with E-state index in [0.29, 0.717) is 19.4 Å². The van der Waals surface area contributed by atoms with Crippen LogP contribution in [0, 0.1) is 0 Å². The van der Waals surface area contributed by atoms with Crippen LogP contribution in [0.25, 0.3) is 0 Å². The van der Waals surface area contributed by atoms with E-state index in [1.54, 1.807) is 0 Å². The molecule has 0 spiro atoms. The van der Waals surface area contributed by atoms with Crippen molar-refractivity contribution in [1.29, 1.82) is 0 Å². The van der Waals surface area contributed by atoms with Crippen molar-refractivity contribution in [2.24, 2.45) is 0 Å². The maximum atomic E-state index is 13.2. The molecule has 1 aromatic rings. The standard InChI is InChI=1S/C15H22F2O2Si/c1-20(2,3)19-15(14(16)17)9-13(10-15)18-11-12-7-5-4-6-8-12/h4-8,13-14H,9-11H2,1-3H3. The molecule has 0 aliphatic heterocycles. The number of halogens is 2. The van der Waals surface area contributed by atoms with Gasteiger partial charge in [-0.1, -0.05) is 30.3 Å². The number of ether oxygens (including phenoxy) is 1. The van der Waals surface area contributed by atoms with Gasteiger partial charge in [0.25, 0.3) is 6.43 Å². The highest BCUT2D eigenvalue weighted by atomic mass is 28.4. The minimum Gasteiger partial charge on any atom is -0.406 e. The maximum Gasteiger partial charge on any atom is 0.266 e. The fraction of sp³-hybridized carbons (Fsp3) is 0.600. The Morgan fingerprint density at radius 2 is 1.80 bits per heavy atom. The van der Waals surface area contributed by atoms with Gasteiger partial charge in [0, 0.05) is 12.8 Å². The Morgan fingerprint density at radius 3 is 2.30 bits per heavy atom. The lowest BCUT2D eigenvalue weighted by atomic mass is 9.78. The smallest absolute Gasteiger partial charge is 0.266 e. The molecule has 2 rings (SSSR count). The first-order valence-electron chi connectivity index (χ1n) is 6.95. The molecule has 20 heavy (non-hydrogen) atoms. The van der Waals surface area contributed by atoms with E-state index in [1.165, 1.54) is 0 Å². The molecular weight excluding hydrogens is 278 g/mol. The quantitative estimate of drug-likeness (QED) is 0.732. The molecule has 0 saturated heterocycles. The number of alkyl halides is 2. The van der Waals surface area contributed by atoms with Crippen LogP contribution in [0.2, 0.25) is 19.6 Å². The Balaban J connectivity index is 1.85. The summed E-state index contributed by atoms with van der Waals surface area (Å²) in [6, 6.07) is 9.76. The van der Waals surface area contributed by atoms with Gasteiger partial charge in [-0.25, -0.2) is 8.78 Å². The molecule has 1 saturated carbocycles. The van der Waals surface area contributed by atoms with E-state index < -0.39 is 20.3 Å². The Morgan fingerprint density at radius 1 is 1.20 bits per heavy atom. The van der Waals surface area contributed by atoms with E-state index >= 15 is 0 Å². The van der Waals surface area contributed by atoms with Gasteiger partial charge in [0.05, 0.1) is 12.7 Å². The number of rotatable bonds is 6. The Labute approximate surface area is 120 Å². The van der Waals surface area contributed by atoms with Gasteiger partial charge >= 0.3 is 0 Å². The summed E-state index contributed by atoms with van der Waals surface area (Å²) < 4.78 is 37.9. The lowest BCUT2D eigenvalue weighted by Gasteiger charge is -2.49. The second-order valence-electron chi connectivity index (χ2n) is 6.41. The monoisotopic (exact) mass is 300 g/mol. The van der Waals surface area contributed by atoms with Crippen molar-refractivity contribution in [3.8, 4) is 0 Å². The normalized spacial score (nSPS) is 26.6. The average Bonchev–Trinajstić information content (AvgIpc) is 2.31. The zero-order valence-electron chi connectivity index (χ0n) is 12.2. The van der Waals surface area contributed by atoms with Crippen LogP contribution in [0.3, 0.4) is 0 Å². The summed E-state index contributed by atoms with van der Waals surface area (Å²) in [5.41, 5.74) is -0.209. The van der Waals surface area contributed by atoms with Crippen LogP contribution < -0.4 is 0 Å². The average molecular weight is 300 g/mol. The molecule has 1 aliphatic rings. The van der Waals surface area contributed by atoms with Gasteiger partial charge in [-0.3, -0.25) is 0 Å². The van der Waals surface area contributed by atoms with Crippen molar-refractivity contribution in [3.05, 3.63) is 35.9 Å². The van der Waals surface area contributed by atoms with E-state index in [4.69, 9.17) is 9.16 Å². The Hall–Kier alpha value is -0.783. The van der Waals surface area contributed by atoms with Crippen molar-refractivity contribution in [3.63, 3.8) is 0 Å². The molecule has 0 heterocycles. The zero-order chi connectivity index (χ0) is 14.8. The molecule has 112 valence electrons. The molecule has 2 nitrogen and oxygen atoms in total. The van der Waals surface area contributed by atoms with Crippen LogP contribution in [0.5, 0.6) is 0 Å². The second kappa shape index (κ2) is 5.91. The largest absolute Gasteiger partial charge is 0.406 e.